The molecule has 0 saturated carbocycles. The maximum absolute atomic E-state index is 13.0. The monoisotopic (exact) mass is 422 g/mol. The molecule has 0 saturated heterocycles. The lowest BCUT2D eigenvalue weighted by Gasteiger charge is -2.31. The highest BCUT2D eigenvalue weighted by atomic mass is 35.5. The molecule has 0 aliphatic carbocycles. The van der Waals surface area contributed by atoms with Crippen LogP contribution in [0.5, 0.6) is 0 Å². The minimum absolute atomic E-state index is 0.247. The number of carbonyl (C=O) groups excluding carboxylic acids is 1. The van der Waals surface area contributed by atoms with Crippen molar-refractivity contribution in [2.75, 3.05) is 10.6 Å². The summed E-state index contributed by atoms with van der Waals surface area (Å²) in [6.07, 6.45) is 1.42. The Balaban J connectivity index is 2.33. The zero-order valence-electron chi connectivity index (χ0n) is 16.9. The normalized spacial score (nSPS) is 13.6. The number of benzene rings is 2. The number of hydrogen-bond donors (Lipinski definition) is 1. The van der Waals surface area contributed by atoms with Crippen LogP contribution in [0.2, 0.25) is 5.02 Å². The standard InChI is InChI=1S/C21H27ClN2O3S/c1-6-20(24(28(5,26)27)18-9-7-8-17(22)13-18)21(25)23-16(4)19-11-10-14(2)12-15(19)3/h7-13,16,20H,6H2,1-5H3,(H,23,25)/t16-,20-/m0/s1. The van der Waals surface area contributed by atoms with E-state index in [1.807, 2.05) is 32.9 Å². The summed E-state index contributed by atoms with van der Waals surface area (Å²) in [7, 11) is -3.69. The van der Waals surface area contributed by atoms with E-state index in [0.717, 1.165) is 27.3 Å². The van der Waals surface area contributed by atoms with Gasteiger partial charge in [0.2, 0.25) is 15.9 Å². The van der Waals surface area contributed by atoms with Crippen molar-refractivity contribution in [3.05, 3.63) is 64.2 Å². The molecule has 0 heterocycles. The molecule has 152 valence electrons. The highest BCUT2D eigenvalue weighted by molar-refractivity contribution is 7.92. The Morgan fingerprint density at radius 1 is 1.18 bits per heavy atom. The molecule has 0 unspecified atom stereocenters. The Kier molecular flexibility index (Phi) is 7.12. The number of aryl methyl sites for hydroxylation is 2. The van der Waals surface area contributed by atoms with E-state index in [2.05, 4.69) is 11.4 Å². The third kappa shape index (κ3) is 5.26. The molecule has 0 bridgehead atoms. The lowest BCUT2D eigenvalue weighted by Crippen LogP contribution is -2.49. The van der Waals surface area contributed by atoms with Crippen molar-refractivity contribution >= 4 is 33.2 Å². The molecule has 2 aromatic rings. The summed E-state index contributed by atoms with van der Waals surface area (Å²) >= 11 is 6.04. The van der Waals surface area contributed by atoms with E-state index < -0.39 is 16.1 Å². The molecule has 2 rings (SSSR count). The fourth-order valence-corrected chi connectivity index (χ4v) is 4.76. The predicted molar refractivity (Wildman–Crippen MR) is 115 cm³/mol. The summed E-state index contributed by atoms with van der Waals surface area (Å²) in [5, 5.41) is 3.37. The lowest BCUT2D eigenvalue weighted by molar-refractivity contribution is -0.122. The Bertz CT molecular complexity index is 960. The molecule has 2 aromatic carbocycles. The minimum Gasteiger partial charge on any atom is -0.348 e. The van der Waals surface area contributed by atoms with Gasteiger partial charge in [-0.1, -0.05) is 48.4 Å². The maximum atomic E-state index is 13.0. The average Bonchev–Trinajstić information content (AvgIpc) is 2.57. The van der Waals surface area contributed by atoms with Gasteiger partial charge >= 0.3 is 0 Å². The number of nitrogens with zero attached hydrogens (tertiary/aromatic N) is 1. The second kappa shape index (κ2) is 8.97. The molecule has 0 radical (unpaired) electrons. The predicted octanol–water partition coefficient (Wildman–Crippen LogP) is 4.38. The zero-order valence-corrected chi connectivity index (χ0v) is 18.4. The second-order valence-electron chi connectivity index (χ2n) is 7.05. The van der Waals surface area contributed by atoms with E-state index in [9.17, 15) is 13.2 Å². The van der Waals surface area contributed by atoms with Gasteiger partial charge in [0.05, 0.1) is 18.0 Å². The van der Waals surface area contributed by atoms with Crippen molar-refractivity contribution in [2.45, 2.75) is 46.2 Å². The van der Waals surface area contributed by atoms with Crippen LogP contribution in [0.4, 0.5) is 5.69 Å². The van der Waals surface area contributed by atoms with Gasteiger partial charge in [-0.3, -0.25) is 9.10 Å². The third-order valence-electron chi connectivity index (χ3n) is 4.64. The number of hydrogen-bond acceptors (Lipinski definition) is 3. The van der Waals surface area contributed by atoms with E-state index in [1.165, 1.54) is 0 Å². The average molecular weight is 423 g/mol. The number of halogens is 1. The van der Waals surface area contributed by atoms with Crippen molar-refractivity contribution in [2.24, 2.45) is 0 Å². The van der Waals surface area contributed by atoms with Gasteiger partial charge in [-0.05, 0) is 56.5 Å². The van der Waals surface area contributed by atoms with Gasteiger partial charge in [-0.2, -0.15) is 0 Å². The van der Waals surface area contributed by atoms with Crippen LogP contribution in [0.25, 0.3) is 0 Å². The highest BCUT2D eigenvalue weighted by Crippen LogP contribution is 2.26. The van der Waals surface area contributed by atoms with Crippen molar-refractivity contribution < 1.29 is 13.2 Å². The molecule has 2 atom stereocenters. The SMILES string of the molecule is CC[C@@H](C(=O)N[C@@H](C)c1ccc(C)cc1C)N(c1cccc(Cl)c1)S(C)(=O)=O. The van der Waals surface area contributed by atoms with Gasteiger partial charge in [-0.15, -0.1) is 0 Å². The fourth-order valence-electron chi connectivity index (χ4n) is 3.37. The first kappa shape index (κ1) is 22.2. The molecular weight excluding hydrogens is 396 g/mol. The Morgan fingerprint density at radius 2 is 1.86 bits per heavy atom. The van der Waals surface area contributed by atoms with E-state index in [-0.39, 0.29) is 11.9 Å². The van der Waals surface area contributed by atoms with Crippen LogP contribution in [0.1, 0.15) is 43.0 Å². The van der Waals surface area contributed by atoms with Crippen LogP contribution in [0, 0.1) is 13.8 Å². The van der Waals surface area contributed by atoms with Crippen LogP contribution in [-0.2, 0) is 14.8 Å². The Morgan fingerprint density at radius 3 is 2.39 bits per heavy atom. The van der Waals surface area contributed by atoms with Crippen LogP contribution in [0.15, 0.2) is 42.5 Å². The Hall–Kier alpha value is -2.05. The summed E-state index contributed by atoms with van der Waals surface area (Å²) in [4.78, 5) is 13.0. The summed E-state index contributed by atoms with van der Waals surface area (Å²) in [5.74, 6) is -0.347. The summed E-state index contributed by atoms with van der Waals surface area (Å²) in [6, 6.07) is 11.4. The van der Waals surface area contributed by atoms with Gasteiger partial charge in [0.25, 0.3) is 0 Å². The molecule has 28 heavy (non-hydrogen) atoms. The molecular formula is C21H27ClN2O3S. The van der Waals surface area contributed by atoms with Crippen molar-refractivity contribution in [3.8, 4) is 0 Å². The molecule has 1 N–H and O–H groups in total. The molecule has 0 aliphatic rings. The number of nitrogens with one attached hydrogen (secondary N) is 1. The van der Waals surface area contributed by atoms with Gasteiger partial charge in [0.1, 0.15) is 6.04 Å². The van der Waals surface area contributed by atoms with E-state index in [0.29, 0.717) is 17.1 Å². The zero-order chi connectivity index (χ0) is 21.1. The van der Waals surface area contributed by atoms with E-state index in [1.54, 1.807) is 31.2 Å². The van der Waals surface area contributed by atoms with Crippen molar-refractivity contribution in [3.63, 3.8) is 0 Å². The quantitative estimate of drug-likeness (QED) is 0.720. The van der Waals surface area contributed by atoms with Gasteiger partial charge in [0.15, 0.2) is 0 Å². The number of anilines is 1. The lowest BCUT2D eigenvalue weighted by atomic mass is 10.00. The third-order valence-corrected chi connectivity index (χ3v) is 6.06. The van der Waals surface area contributed by atoms with Gasteiger partial charge in [-0.25, -0.2) is 8.42 Å². The first-order valence-corrected chi connectivity index (χ1v) is 11.4. The van der Waals surface area contributed by atoms with Gasteiger partial charge < -0.3 is 5.32 Å². The van der Waals surface area contributed by atoms with Crippen molar-refractivity contribution in [1.82, 2.24) is 5.32 Å². The molecule has 0 aliphatic heterocycles. The minimum atomic E-state index is -3.69. The highest BCUT2D eigenvalue weighted by Gasteiger charge is 2.32. The first-order valence-electron chi connectivity index (χ1n) is 9.17. The summed E-state index contributed by atoms with van der Waals surface area (Å²) in [6.45, 7) is 7.69. The largest absolute Gasteiger partial charge is 0.348 e. The summed E-state index contributed by atoms with van der Waals surface area (Å²) in [5.41, 5.74) is 3.60. The molecule has 7 heteroatoms. The van der Waals surface area contributed by atoms with Crippen molar-refractivity contribution in [1.29, 1.82) is 0 Å². The first-order chi connectivity index (χ1) is 13.0. The molecule has 0 aromatic heterocycles. The second-order valence-corrected chi connectivity index (χ2v) is 9.35. The molecule has 0 spiro atoms. The smallest absolute Gasteiger partial charge is 0.244 e. The fraction of sp³-hybridized carbons (Fsp3) is 0.381. The van der Waals surface area contributed by atoms with Crippen LogP contribution in [0.3, 0.4) is 0 Å². The Labute approximate surface area is 172 Å². The molecule has 5 nitrogen and oxygen atoms in total. The van der Waals surface area contributed by atoms with Crippen LogP contribution < -0.4 is 9.62 Å². The number of sulfonamides is 1. The van der Waals surface area contributed by atoms with E-state index in [4.69, 9.17) is 11.6 Å². The van der Waals surface area contributed by atoms with Crippen LogP contribution in [-0.4, -0.2) is 26.6 Å². The van der Waals surface area contributed by atoms with Crippen LogP contribution >= 0.6 is 11.6 Å². The molecule has 0 fully saturated rings. The summed E-state index contributed by atoms with van der Waals surface area (Å²) < 4.78 is 26.1. The van der Waals surface area contributed by atoms with E-state index >= 15 is 0 Å². The maximum Gasteiger partial charge on any atom is 0.244 e. The van der Waals surface area contributed by atoms with Gasteiger partial charge in [0, 0.05) is 5.02 Å². The molecule has 1 amide bonds. The number of amides is 1. The topological polar surface area (TPSA) is 66.5 Å². The number of carbonyl (C=O) groups is 1. The number of rotatable bonds is 7.